The van der Waals surface area contributed by atoms with Crippen LogP contribution in [0.25, 0.3) is 10.9 Å². The predicted octanol–water partition coefficient (Wildman–Crippen LogP) is 3.91. The second kappa shape index (κ2) is 5.51. The van der Waals surface area contributed by atoms with Gasteiger partial charge in [0, 0.05) is 24.2 Å². The van der Waals surface area contributed by atoms with Crippen LogP contribution in [0.3, 0.4) is 0 Å². The molecular weight excluding hydrogens is 266 g/mol. The minimum Gasteiger partial charge on any atom is -0.398 e. The van der Waals surface area contributed by atoms with Gasteiger partial charge in [0.15, 0.2) is 0 Å². The number of nitrogens with two attached hydrogens (primary N) is 1. The van der Waals surface area contributed by atoms with Crippen molar-refractivity contribution in [1.82, 2.24) is 4.37 Å². The van der Waals surface area contributed by atoms with Crippen molar-refractivity contribution in [3.8, 4) is 0 Å². The summed E-state index contributed by atoms with van der Waals surface area (Å²) in [4.78, 5) is 2.33. The molecule has 102 valence electrons. The molecule has 0 aliphatic carbocycles. The van der Waals surface area contributed by atoms with E-state index in [0.29, 0.717) is 0 Å². The van der Waals surface area contributed by atoms with Crippen LogP contribution in [0.2, 0.25) is 0 Å². The fourth-order valence-electron chi connectivity index (χ4n) is 2.31. The van der Waals surface area contributed by atoms with Crippen LogP contribution >= 0.6 is 11.5 Å². The molecule has 0 amide bonds. The predicted molar refractivity (Wildman–Crippen MR) is 87.2 cm³/mol. The molecule has 0 aliphatic heterocycles. The van der Waals surface area contributed by atoms with Crippen LogP contribution in [0.15, 0.2) is 48.5 Å². The van der Waals surface area contributed by atoms with E-state index >= 15 is 0 Å². The minimum atomic E-state index is 0.815. The number of anilines is 2. The maximum atomic E-state index is 6.05. The van der Waals surface area contributed by atoms with Gasteiger partial charge >= 0.3 is 0 Å². The highest BCUT2D eigenvalue weighted by molar-refractivity contribution is 7.11. The van der Waals surface area contributed by atoms with Crippen LogP contribution in [0.1, 0.15) is 12.5 Å². The molecule has 2 aromatic carbocycles. The maximum absolute atomic E-state index is 6.05. The van der Waals surface area contributed by atoms with Crippen molar-refractivity contribution >= 4 is 33.1 Å². The first-order valence-corrected chi connectivity index (χ1v) is 7.49. The Labute approximate surface area is 122 Å². The molecule has 0 fully saturated rings. The fraction of sp³-hybridized carbons (Fsp3) is 0.188. The lowest BCUT2D eigenvalue weighted by Crippen LogP contribution is -2.21. The Kier molecular flexibility index (Phi) is 3.56. The van der Waals surface area contributed by atoms with Gasteiger partial charge < -0.3 is 10.6 Å². The van der Waals surface area contributed by atoms with Crippen molar-refractivity contribution in [1.29, 1.82) is 0 Å². The summed E-state index contributed by atoms with van der Waals surface area (Å²) < 4.78 is 4.52. The van der Waals surface area contributed by atoms with E-state index in [0.717, 1.165) is 29.9 Å². The van der Waals surface area contributed by atoms with Crippen LogP contribution in [0, 0.1) is 0 Å². The van der Waals surface area contributed by atoms with E-state index in [2.05, 4.69) is 40.5 Å². The Morgan fingerprint density at radius 2 is 1.85 bits per heavy atom. The Hall–Kier alpha value is -2.07. The molecule has 0 bridgehead atoms. The zero-order valence-electron chi connectivity index (χ0n) is 11.4. The van der Waals surface area contributed by atoms with Gasteiger partial charge in [-0.05, 0) is 42.2 Å². The zero-order valence-corrected chi connectivity index (χ0v) is 12.2. The highest BCUT2D eigenvalue weighted by Gasteiger charge is 2.13. The first kappa shape index (κ1) is 12.9. The molecule has 3 nitrogen and oxygen atoms in total. The van der Waals surface area contributed by atoms with Crippen molar-refractivity contribution < 1.29 is 0 Å². The minimum absolute atomic E-state index is 0.815. The summed E-state index contributed by atoms with van der Waals surface area (Å²) in [7, 11) is 0. The number of hydrogen-bond acceptors (Lipinski definition) is 4. The molecule has 3 aromatic rings. The number of nitrogen functional groups attached to an aromatic ring is 1. The van der Waals surface area contributed by atoms with E-state index in [1.807, 2.05) is 24.3 Å². The van der Waals surface area contributed by atoms with E-state index in [4.69, 9.17) is 5.73 Å². The molecule has 0 unspecified atom stereocenters. The molecule has 1 heterocycles. The summed E-state index contributed by atoms with van der Waals surface area (Å²) >= 11 is 1.56. The van der Waals surface area contributed by atoms with Crippen LogP contribution in [-0.4, -0.2) is 10.9 Å². The summed E-state index contributed by atoms with van der Waals surface area (Å²) in [6.07, 6.45) is 0. The molecule has 1 aromatic heterocycles. The van der Waals surface area contributed by atoms with Gasteiger partial charge in [0.1, 0.15) is 5.00 Å². The number of fused-ring (bicyclic) bond motifs is 1. The number of aromatic nitrogens is 1. The Balaban J connectivity index is 1.96. The van der Waals surface area contributed by atoms with Crippen molar-refractivity contribution in [2.24, 2.45) is 0 Å². The number of nitrogens with zero attached hydrogens (tertiary/aromatic N) is 2. The van der Waals surface area contributed by atoms with Crippen molar-refractivity contribution in [3.63, 3.8) is 0 Å². The number of rotatable bonds is 4. The standard InChI is InChI=1S/C16H17N3S/c1-2-19(11-12-7-3-5-9-14(12)17)16-13-8-4-6-10-15(13)18-20-16/h3-10H,2,11,17H2,1H3. The van der Waals surface area contributed by atoms with Crippen molar-refractivity contribution in [2.75, 3.05) is 17.2 Å². The van der Waals surface area contributed by atoms with E-state index in [1.165, 1.54) is 10.4 Å². The Morgan fingerprint density at radius 1 is 1.10 bits per heavy atom. The van der Waals surface area contributed by atoms with E-state index in [-0.39, 0.29) is 0 Å². The Morgan fingerprint density at radius 3 is 2.65 bits per heavy atom. The molecular formula is C16H17N3S. The van der Waals surface area contributed by atoms with E-state index in [1.54, 1.807) is 11.5 Å². The van der Waals surface area contributed by atoms with Gasteiger partial charge in [0.2, 0.25) is 0 Å². The van der Waals surface area contributed by atoms with Crippen molar-refractivity contribution in [3.05, 3.63) is 54.1 Å². The number of para-hydroxylation sites is 1. The molecule has 0 radical (unpaired) electrons. The van der Waals surface area contributed by atoms with E-state index in [9.17, 15) is 0 Å². The second-order valence-corrected chi connectivity index (χ2v) is 5.47. The smallest absolute Gasteiger partial charge is 0.120 e. The number of benzene rings is 2. The van der Waals surface area contributed by atoms with Gasteiger partial charge in [0.05, 0.1) is 5.52 Å². The highest BCUT2D eigenvalue weighted by atomic mass is 32.1. The zero-order chi connectivity index (χ0) is 13.9. The van der Waals surface area contributed by atoms with Gasteiger partial charge in [-0.1, -0.05) is 30.3 Å². The van der Waals surface area contributed by atoms with Crippen LogP contribution < -0.4 is 10.6 Å². The lowest BCUT2D eigenvalue weighted by atomic mass is 10.1. The van der Waals surface area contributed by atoms with Crippen LogP contribution in [0.5, 0.6) is 0 Å². The van der Waals surface area contributed by atoms with Crippen LogP contribution in [-0.2, 0) is 6.54 Å². The van der Waals surface area contributed by atoms with Gasteiger partial charge in [-0.3, -0.25) is 0 Å². The van der Waals surface area contributed by atoms with Gasteiger partial charge in [0.25, 0.3) is 0 Å². The third kappa shape index (κ3) is 2.34. The third-order valence-electron chi connectivity index (χ3n) is 3.45. The summed E-state index contributed by atoms with van der Waals surface area (Å²) in [6.45, 7) is 3.91. The maximum Gasteiger partial charge on any atom is 0.120 e. The molecule has 20 heavy (non-hydrogen) atoms. The topological polar surface area (TPSA) is 42.1 Å². The van der Waals surface area contributed by atoms with E-state index < -0.39 is 0 Å². The average Bonchev–Trinajstić information content (AvgIpc) is 2.90. The third-order valence-corrected chi connectivity index (χ3v) is 4.39. The highest BCUT2D eigenvalue weighted by Crippen LogP contribution is 2.32. The largest absolute Gasteiger partial charge is 0.398 e. The van der Waals surface area contributed by atoms with Gasteiger partial charge in [-0.2, -0.15) is 4.37 Å². The molecule has 4 heteroatoms. The molecule has 0 aliphatic rings. The monoisotopic (exact) mass is 283 g/mol. The molecule has 3 rings (SSSR count). The molecule has 0 atom stereocenters. The molecule has 0 saturated heterocycles. The second-order valence-electron chi connectivity index (χ2n) is 4.72. The van der Waals surface area contributed by atoms with Gasteiger partial charge in [-0.25, -0.2) is 0 Å². The number of hydrogen-bond donors (Lipinski definition) is 1. The molecule has 0 spiro atoms. The average molecular weight is 283 g/mol. The lowest BCUT2D eigenvalue weighted by Gasteiger charge is -2.22. The SMILES string of the molecule is CCN(Cc1ccccc1N)c1snc2ccccc12. The van der Waals surface area contributed by atoms with Crippen molar-refractivity contribution in [2.45, 2.75) is 13.5 Å². The lowest BCUT2D eigenvalue weighted by molar-refractivity contribution is 0.846. The van der Waals surface area contributed by atoms with Crippen LogP contribution in [0.4, 0.5) is 10.7 Å². The summed E-state index contributed by atoms with van der Waals surface area (Å²) in [5, 5.41) is 2.43. The normalized spacial score (nSPS) is 10.8. The summed E-state index contributed by atoms with van der Waals surface area (Å²) in [6, 6.07) is 16.3. The fourth-order valence-corrected chi connectivity index (χ4v) is 3.24. The van der Waals surface area contributed by atoms with Gasteiger partial charge in [-0.15, -0.1) is 0 Å². The molecule has 2 N–H and O–H groups in total. The summed E-state index contributed by atoms with van der Waals surface area (Å²) in [5.74, 6) is 0. The summed E-state index contributed by atoms with van der Waals surface area (Å²) in [5.41, 5.74) is 9.12. The molecule has 0 saturated carbocycles. The quantitative estimate of drug-likeness (QED) is 0.738. The Bertz CT molecular complexity index is 720. The first-order valence-electron chi connectivity index (χ1n) is 6.72. The first-order chi connectivity index (χ1) is 9.79.